The van der Waals surface area contributed by atoms with Crippen molar-refractivity contribution >= 4 is 21.6 Å². The second-order valence-electron chi connectivity index (χ2n) is 6.71. The van der Waals surface area contributed by atoms with Gasteiger partial charge in [0.05, 0.1) is 7.11 Å². The fraction of sp³-hybridized carbons (Fsp3) is 0.136. The van der Waals surface area contributed by atoms with E-state index in [9.17, 15) is 22.0 Å². The van der Waals surface area contributed by atoms with Crippen molar-refractivity contribution in [1.82, 2.24) is 4.72 Å². The molecule has 3 rings (SSSR count). The Hall–Kier alpha value is -3.50. The molecule has 0 aliphatic heterocycles. The fourth-order valence-corrected chi connectivity index (χ4v) is 3.63. The van der Waals surface area contributed by atoms with Crippen molar-refractivity contribution in [2.45, 2.75) is 11.8 Å². The molecule has 1 amide bonds. The average Bonchev–Trinajstić information content (AvgIpc) is 2.76. The highest BCUT2D eigenvalue weighted by Gasteiger charge is 2.20. The molecular weight excluding hydrogens is 442 g/mol. The van der Waals surface area contributed by atoms with Gasteiger partial charge in [-0.25, -0.2) is 21.9 Å². The molecule has 168 valence electrons. The number of methoxy groups -OCH3 is 1. The summed E-state index contributed by atoms with van der Waals surface area (Å²) < 4.78 is 65.0. The number of amides is 1. The molecule has 0 saturated carbocycles. The minimum atomic E-state index is -4.10. The Labute approximate surface area is 184 Å². The van der Waals surface area contributed by atoms with Gasteiger partial charge in [0.25, 0.3) is 5.91 Å². The standard InChI is InChI=1S/C22H20F2N2O5S/c1-13-4-8-19(20(10-13)30-3)31-18-9-6-15(12-17(18)24)26-22(27)14-5-7-16(23)21(11-14)32(28,29)25-2/h4-12,25H,1-3H3,(H,26,27). The molecule has 0 heterocycles. The van der Waals surface area contributed by atoms with E-state index in [1.54, 1.807) is 18.2 Å². The highest BCUT2D eigenvalue weighted by Crippen LogP contribution is 2.34. The quantitative estimate of drug-likeness (QED) is 0.548. The van der Waals surface area contributed by atoms with E-state index in [4.69, 9.17) is 9.47 Å². The largest absolute Gasteiger partial charge is 0.493 e. The molecule has 2 N–H and O–H groups in total. The molecule has 0 radical (unpaired) electrons. The number of ether oxygens (including phenoxy) is 2. The molecule has 0 saturated heterocycles. The number of hydrogen-bond donors (Lipinski definition) is 2. The lowest BCUT2D eigenvalue weighted by molar-refractivity contribution is 0.102. The van der Waals surface area contributed by atoms with E-state index in [1.807, 2.05) is 11.6 Å². The Kier molecular flexibility index (Phi) is 6.75. The maximum Gasteiger partial charge on any atom is 0.255 e. The monoisotopic (exact) mass is 462 g/mol. The van der Waals surface area contributed by atoms with Crippen LogP contribution >= 0.6 is 0 Å². The van der Waals surface area contributed by atoms with Gasteiger partial charge in [-0.15, -0.1) is 0 Å². The van der Waals surface area contributed by atoms with Crippen molar-refractivity contribution in [1.29, 1.82) is 0 Å². The van der Waals surface area contributed by atoms with Crippen LogP contribution in [0.3, 0.4) is 0 Å². The zero-order chi connectivity index (χ0) is 23.5. The van der Waals surface area contributed by atoms with Crippen LogP contribution in [0.5, 0.6) is 17.2 Å². The van der Waals surface area contributed by atoms with Crippen LogP contribution in [0.25, 0.3) is 0 Å². The van der Waals surface area contributed by atoms with Crippen LogP contribution in [0.15, 0.2) is 59.5 Å². The molecule has 10 heteroatoms. The van der Waals surface area contributed by atoms with Crippen molar-refractivity contribution in [2.75, 3.05) is 19.5 Å². The second kappa shape index (κ2) is 9.33. The molecule has 0 aromatic heterocycles. The van der Waals surface area contributed by atoms with Gasteiger partial charge in [0.15, 0.2) is 23.1 Å². The van der Waals surface area contributed by atoms with Crippen molar-refractivity contribution in [2.24, 2.45) is 0 Å². The summed E-state index contributed by atoms with van der Waals surface area (Å²) in [6.45, 7) is 1.88. The maximum absolute atomic E-state index is 14.6. The normalized spacial score (nSPS) is 11.2. The van der Waals surface area contributed by atoms with Gasteiger partial charge in [-0.3, -0.25) is 4.79 Å². The molecule has 0 unspecified atom stereocenters. The van der Waals surface area contributed by atoms with Crippen LogP contribution in [-0.4, -0.2) is 28.5 Å². The predicted molar refractivity (Wildman–Crippen MR) is 115 cm³/mol. The summed E-state index contributed by atoms with van der Waals surface area (Å²) in [7, 11) is -1.50. The third kappa shape index (κ3) is 5.04. The minimum absolute atomic E-state index is 0.0886. The highest BCUT2D eigenvalue weighted by atomic mass is 32.2. The van der Waals surface area contributed by atoms with Crippen LogP contribution in [-0.2, 0) is 10.0 Å². The van der Waals surface area contributed by atoms with E-state index < -0.39 is 32.5 Å². The third-order valence-corrected chi connectivity index (χ3v) is 5.91. The van der Waals surface area contributed by atoms with Gasteiger partial charge in [-0.05, 0) is 62.0 Å². The molecular formula is C22H20F2N2O5S. The van der Waals surface area contributed by atoms with E-state index >= 15 is 0 Å². The highest BCUT2D eigenvalue weighted by molar-refractivity contribution is 7.89. The van der Waals surface area contributed by atoms with Crippen molar-refractivity contribution < 1.29 is 31.5 Å². The Bertz CT molecular complexity index is 1280. The third-order valence-electron chi connectivity index (χ3n) is 4.48. The number of carbonyl (C=O) groups excluding carboxylic acids is 1. The maximum atomic E-state index is 14.6. The van der Waals surface area contributed by atoms with E-state index in [2.05, 4.69) is 5.32 Å². The van der Waals surface area contributed by atoms with Gasteiger partial charge in [-0.1, -0.05) is 6.07 Å². The molecule has 0 aliphatic carbocycles. The first-order chi connectivity index (χ1) is 15.1. The first-order valence-corrected chi connectivity index (χ1v) is 10.8. The summed E-state index contributed by atoms with van der Waals surface area (Å²) in [6, 6.07) is 11.8. The van der Waals surface area contributed by atoms with Crippen LogP contribution in [0, 0.1) is 18.6 Å². The Morgan fingerprint density at radius 3 is 2.28 bits per heavy atom. The van der Waals surface area contributed by atoms with Gasteiger partial charge < -0.3 is 14.8 Å². The molecule has 0 aliphatic rings. The van der Waals surface area contributed by atoms with Crippen molar-refractivity contribution in [3.8, 4) is 17.2 Å². The summed E-state index contributed by atoms with van der Waals surface area (Å²) in [5, 5.41) is 2.44. The topological polar surface area (TPSA) is 93.7 Å². The second-order valence-corrected chi connectivity index (χ2v) is 8.56. The van der Waals surface area contributed by atoms with Crippen LogP contribution in [0.2, 0.25) is 0 Å². The van der Waals surface area contributed by atoms with Gasteiger partial charge in [0, 0.05) is 17.3 Å². The van der Waals surface area contributed by atoms with Crippen LogP contribution in [0.1, 0.15) is 15.9 Å². The van der Waals surface area contributed by atoms with E-state index in [1.165, 1.54) is 19.2 Å². The van der Waals surface area contributed by atoms with Crippen LogP contribution < -0.4 is 19.5 Å². The van der Waals surface area contributed by atoms with E-state index in [0.29, 0.717) is 11.5 Å². The lowest BCUT2D eigenvalue weighted by atomic mass is 10.2. The Balaban J connectivity index is 1.80. The molecule has 0 fully saturated rings. The minimum Gasteiger partial charge on any atom is -0.493 e. The molecule has 32 heavy (non-hydrogen) atoms. The molecule has 0 spiro atoms. The molecule has 3 aromatic carbocycles. The van der Waals surface area contributed by atoms with Crippen LogP contribution in [0.4, 0.5) is 14.5 Å². The van der Waals surface area contributed by atoms with Crippen molar-refractivity contribution in [3.05, 3.63) is 77.4 Å². The molecule has 7 nitrogen and oxygen atoms in total. The first-order valence-electron chi connectivity index (χ1n) is 9.31. The number of hydrogen-bond acceptors (Lipinski definition) is 5. The SMILES string of the molecule is CNS(=O)(=O)c1cc(C(=O)Nc2ccc(Oc3ccc(C)cc3OC)c(F)c2)ccc1F. The number of benzene rings is 3. The zero-order valence-electron chi connectivity index (χ0n) is 17.4. The number of carbonyl (C=O) groups is 1. The number of aryl methyl sites for hydroxylation is 1. The smallest absolute Gasteiger partial charge is 0.255 e. The molecule has 0 atom stereocenters. The summed E-state index contributed by atoms with van der Waals surface area (Å²) in [5.74, 6) is -1.83. The van der Waals surface area contributed by atoms with E-state index in [0.717, 1.165) is 36.9 Å². The molecule has 3 aromatic rings. The number of anilines is 1. The summed E-state index contributed by atoms with van der Waals surface area (Å²) in [6.07, 6.45) is 0. The lowest BCUT2D eigenvalue weighted by Gasteiger charge is -2.13. The van der Waals surface area contributed by atoms with Gasteiger partial charge in [0.1, 0.15) is 10.7 Å². The lowest BCUT2D eigenvalue weighted by Crippen LogP contribution is -2.21. The van der Waals surface area contributed by atoms with Crippen molar-refractivity contribution in [3.63, 3.8) is 0 Å². The zero-order valence-corrected chi connectivity index (χ0v) is 18.2. The van der Waals surface area contributed by atoms with Gasteiger partial charge in [-0.2, -0.15) is 0 Å². The van der Waals surface area contributed by atoms with Gasteiger partial charge in [0.2, 0.25) is 10.0 Å². The van der Waals surface area contributed by atoms with Gasteiger partial charge >= 0.3 is 0 Å². The number of sulfonamides is 1. The number of halogens is 2. The Morgan fingerprint density at radius 1 is 0.906 bits per heavy atom. The number of nitrogens with one attached hydrogen (secondary N) is 2. The molecule has 0 bridgehead atoms. The summed E-state index contributed by atoms with van der Waals surface area (Å²) >= 11 is 0. The first kappa shape index (κ1) is 23.2. The average molecular weight is 462 g/mol. The summed E-state index contributed by atoms with van der Waals surface area (Å²) in [4.78, 5) is 11.8. The fourth-order valence-electron chi connectivity index (χ4n) is 2.80. The number of rotatable bonds is 7. The van der Waals surface area contributed by atoms with E-state index in [-0.39, 0.29) is 17.0 Å². The summed E-state index contributed by atoms with van der Waals surface area (Å²) in [5.41, 5.74) is 0.919. The predicted octanol–water partition coefficient (Wildman–Crippen LogP) is 4.23. The Morgan fingerprint density at radius 2 is 1.62 bits per heavy atom.